The number of fused-ring (bicyclic) bond motifs is 1. The Kier molecular flexibility index (Phi) is 4.74. The SMILES string of the molecule is CCCCn1ccc2c(Nc3c(Cl)cccc3Cl)ncc(F)c21. The number of pyridine rings is 1. The average Bonchev–Trinajstić information content (AvgIpc) is 2.96. The Labute approximate surface area is 144 Å². The monoisotopic (exact) mass is 351 g/mol. The number of para-hydroxylation sites is 1. The Morgan fingerprint density at radius 3 is 2.65 bits per heavy atom. The lowest BCUT2D eigenvalue weighted by atomic mass is 10.2. The molecule has 3 rings (SSSR count). The predicted octanol–water partition coefficient (Wildman–Crippen LogP) is 6.03. The Hall–Kier alpha value is -1.78. The molecule has 0 aliphatic heterocycles. The van der Waals surface area contributed by atoms with E-state index in [2.05, 4.69) is 17.2 Å². The first-order chi connectivity index (χ1) is 11.1. The first-order valence-corrected chi connectivity index (χ1v) is 8.21. The zero-order chi connectivity index (χ0) is 16.4. The maximum Gasteiger partial charge on any atom is 0.165 e. The highest BCUT2D eigenvalue weighted by atomic mass is 35.5. The van der Waals surface area contributed by atoms with Crippen molar-refractivity contribution < 1.29 is 4.39 Å². The molecule has 0 unspecified atom stereocenters. The summed E-state index contributed by atoms with van der Waals surface area (Å²) in [7, 11) is 0. The number of nitrogens with zero attached hydrogens (tertiary/aromatic N) is 2. The molecule has 2 aromatic heterocycles. The molecule has 120 valence electrons. The van der Waals surface area contributed by atoms with Gasteiger partial charge in [-0.15, -0.1) is 0 Å². The summed E-state index contributed by atoms with van der Waals surface area (Å²) in [6, 6.07) is 7.10. The molecule has 2 heterocycles. The predicted molar refractivity (Wildman–Crippen MR) is 94.3 cm³/mol. The molecule has 3 aromatic rings. The third kappa shape index (κ3) is 3.14. The molecule has 6 heteroatoms. The number of rotatable bonds is 5. The third-order valence-electron chi connectivity index (χ3n) is 3.71. The van der Waals surface area contributed by atoms with Crippen molar-refractivity contribution in [1.82, 2.24) is 9.55 Å². The number of halogens is 3. The zero-order valence-corrected chi connectivity index (χ0v) is 14.1. The van der Waals surface area contributed by atoms with E-state index in [1.54, 1.807) is 18.2 Å². The van der Waals surface area contributed by atoms with Crippen LogP contribution in [0.5, 0.6) is 0 Å². The van der Waals surface area contributed by atoms with Crippen LogP contribution in [0.3, 0.4) is 0 Å². The minimum Gasteiger partial charge on any atom is -0.345 e. The summed E-state index contributed by atoms with van der Waals surface area (Å²) in [5.74, 6) is 0.198. The molecule has 0 saturated carbocycles. The first kappa shape index (κ1) is 16.1. The van der Waals surface area contributed by atoms with E-state index in [9.17, 15) is 4.39 Å². The third-order valence-corrected chi connectivity index (χ3v) is 4.34. The van der Waals surface area contributed by atoms with Crippen molar-refractivity contribution in [3.05, 3.63) is 52.5 Å². The number of aryl methyl sites for hydroxylation is 1. The van der Waals surface area contributed by atoms with Gasteiger partial charge in [-0.1, -0.05) is 42.6 Å². The van der Waals surface area contributed by atoms with Gasteiger partial charge in [-0.25, -0.2) is 9.37 Å². The van der Waals surface area contributed by atoms with E-state index in [1.807, 2.05) is 16.8 Å². The van der Waals surface area contributed by atoms with Gasteiger partial charge in [-0.3, -0.25) is 0 Å². The van der Waals surface area contributed by atoms with Crippen LogP contribution in [0.4, 0.5) is 15.9 Å². The van der Waals surface area contributed by atoms with Crippen molar-refractivity contribution in [3.8, 4) is 0 Å². The second-order valence-electron chi connectivity index (χ2n) is 5.30. The second-order valence-corrected chi connectivity index (χ2v) is 6.12. The van der Waals surface area contributed by atoms with Gasteiger partial charge < -0.3 is 9.88 Å². The minimum atomic E-state index is -0.336. The molecule has 0 aliphatic rings. The zero-order valence-electron chi connectivity index (χ0n) is 12.6. The van der Waals surface area contributed by atoms with Crippen molar-refractivity contribution in [1.29, 1.82) is 0 Å². The number of hydrogen-bond donors (Lipinski definition) is 1. The molecule has 0 fully saturated rings. The molecule has 23 heavy (non-hydrogen) atoms. The summed E-state index contributed by atoms with van der Waals surface area (Å²) in [6.45, 7) is 2.88. The number of hydrogen-bond acceptors (Lipinski definition) is 2. The topological polar surface area (TPSA) is 29.9 Å². The first-order valence-electron chi connectivity index (χ1n) is 7.46. The Morgan fingerprint density at radius 2 is 1.96 bits per heavy atom. The van der Waals surface area contributed by atoms with E-state index >= 15 is 0 Å². The molecule has 1 aromatic carbocycles. The second kappa shape index (κ2) is 6.77. The maximum absolute atomic E-state index is 14.2. The van der Waals surface area contributed by atoms with Crippen molar-refractivity contribution in [3.63, 3.8) is 0 Å². The van der Waals surface area contributed by atoms with Crippen LogP contribution < -0.4 is 5.32 Å². The van der Waals surface area contributed by atoms with Gasteiger partial charge in [0.25, 0.3) is 0 Å². The van der Waals surface area contributed by atoms with Gasteiger partial charge in [-0.2, -0.15) is 0 Å². The van der Waals surface area contributed by atoms with E-state index in [4.69, 9.17) is 23.2 Å². The number of anilines is 2. The summed E-state index contributed by atoms with van der Waals surface area (Å²) in [5, 5.41) is 4.81. The molecule has 1 N–H and O–H groups in total. The summed E-state index contributed by atoms with van der Waals surface area (Å²) < 4.78 is 16.1. The van der Waals surface area contributed by atoms with Crippen LogP contribution in [-0.4, -0.2) is 9.55 Å². The van der Waals surface area contributed by atoms with Gasteiger partial charge in [0.15, 0.2) is 5.82 Å². The fourth-order valence-corrected chi connectivity index (χ4v) is 3.02. The van der Waals surface area contributed by atoms with Gasteiger partial charge >= 0.3 is 0 Å². The van der Waals surface area contributed by atoms with Gasteiger partial charge in [0, 0.05) is 18.1 Å². The van der Waals surface area contributed by atoms with Crippen LogP contribution in [0.2, 0.25) is 10.0 Å². The lowest BCUT2D eigenvalue weighted by Crippen LogP contribution is -2.00. The molecule has 0 spiro atoms. The summed E-state index contributed by atoms with van der Waals surface area (Å²) in [6.07, 6.45) is 5.14. The van der Waals surface area contributed by atoms with Crippen LogP contribution in [-0.2, 0) is 6.54 Å². The molecule has 0 radical (unpaired) electrons. The molecule has 3 nitrogen and oxygen atoms in total. The smallest absolute Gasteiger partial charge is 0.165 e. The van der Waals surface area contributed by atoms with Gasteiger partial charge in [0.05, 0.1) is 27.4 Å². The largest absolute Gasteiger partial charge is 0.345 e. The Balaban J connectivity index is 2.05. The van der Waals surface area contributed by atoms with E-state index < -0.39 is 0 Å². The van der Waals surface area contributed by atoms with Gasteiger partial charge in [-0.05, 0) is 24.6 Å². The normalized spacial score (nSPS) is 11.1. The lowest BCUT2D eigenvalue weighted by Gasteiger charge is -2.11. The van der Waals surface area contributed by atoms with E-state index in [-0.39, 0.29) is 5.82 Å². The van der Waals surface area contributed by atoms with E-state index in [1.165, 1.54) is 6.20 Å². The van der Waals surface area contributed by atoms with Crippen LogP contribution in [0.15, 0.2) is 36.7 Å². The highest BCUT2D eigenvalue weighted by molar-refractivity contribution is 6.39. The van der Waals surface area contributed by atoms with Crippen LogP contribution >= 0.6 is 23.2 Å². The number of benzene rings is 1. The highest BCUT2D eigenvalue weighted by Crippen LogP contribution is 2.34. The van der Waals surface area contributed by atoms with Crippen molar-refractivity contribution in [2.24, 2.45) is 0 Å². The molecule has 0 atom stereocenters. The fourth-order valence-electron chi connectivity index (χ4n) is 2.53. The summed E-state index contributed by atoms with van der Waals surface area (Å²) in [5.41, 5.74) is 1.11. The average molecular weight is 352 g/mol. The van der Waals surface area contributed by atoms with Crippen molar-refractivity contribution in [2.75, 3.05) is 5.32 Å². The minimum absolute atomic E-state index is 0.336. The highest BCUT2D eigenvalue weighted by Gasteiger charge is 2.14. The molecular formula is C17H16Cl2FN3. The van der Waals surface area contributed by atoms with Crippen molar-refractivity contribution >= 4 is 45.6 Å². The quantitative estimate of drug-likeness (QED) is 0.608. The van der Waals surface area contributed by atoms with Gasteiger partial charge in [0.2, 0.25) is 0 Å². The fraction of sp³-hybridized carbons (Fsp3) is 0.235. The van der Waals surface area contributed by atoms with Crippen molar-refractivity contribution in [2.45, 2.75) is 26.3 Å². The number of unbranched alkanes of at least 4 members (excludes halogenated alkanes) is 1. The maximum atomic E-state index is 14.2. The lowest BCUT2D eigenvalue weighted by molar-refractivity contribution is 0.603. The van der Waals surface area contributed by atoms with E-state index in [0.717, 1.165) is 19.4 Å². The molecule has 0 aliphatic carbocycles. The molecule has 0 amide bonds. The van der Waals surface area contributed by atoms with Crippen LogP contribution in [0.1, 0.15) is 19.8 Å². The summed E-state index contributed by atoms with van der Waals surface area (Å²) >= 11 is 12.4. The molecule has 0 saturated heterocycles. The van der Waals surface area contributed by atoms with Gasteiger partial charge in [0.1, 0.15) is 5.82 Å². The molecular weight excluding hydrogens is 336 g/mol. The van der Waals surface area contributed by atoms with Crippen LogP contribution in [0.25, 0.3) is 10.9 Å². The summed E-state index contributed by atoms with van der Waals surface area (Å²) in [4.78, 5) is 4.16. The van der Waals surface area contributed by atoms with Crippen LogP contribution in [0, 0.1) is 5.82 Å². The number of aromatic nitrogens is 2. The standard InChI is InChI=1S/C17H16Cl2FN3/c1-2-3-8-23-9-7-11-16(23)14(20)10-21-17(11)22-15-12(18)5-4-6-13(15)19/h4-7,9-10H,2-3,8H2,1H3,(H,21,22). The Bertz CT molecular complexity index is 825. The number of nitrogens with one attached hydrogen (secondary N) is 1. The molecule has 0 bridgehead atoms. The van der Waals surface area contributed by atoms with E-state index in [0.29, 0.717) is 32.5 Å². The Morgan fingerprint density at radius 1 is 1.22 bits per heavy atom.